The van der Waals surface area contributed by atoms with Crippen molar-refractivity contribution in [1.29, 1.82) is 0 Å². The molecule has 0 aliphatic carbocycles. The van der Waals surface area contributed by atoms with Gasteiger partial charge in [0.15, 0.2) is 0 Å². The highest BCUT2D eigenvalue weighted by Crippen LogP contribution is 2.37. The summed E-state index contributed by atoms with van der Waals surface area (Å²) in [4.78, 5) is 8.87. The second-order valence-corrected chi connectivity index (χ2v) is 8.27. The number of hydrogen-bond donors (Lipinski definition) is 0. The summed E-state index contributed by atoms with van der Waals surface area (Å²) in [5, 5.41) is 0.739. The first-order valence-electron chi connectivity index (χ1n) is 10.4. The second kappa shape index (κ2) is 9.28. The van der Waals surface area contributed by atoms with Crippen LogP contribution in [0, 0.1) is 0 Å². The van der Waals surface area contributed by atoms with Crippen LogP contribution in [0.15, 0.2) is 94.4 Å². The van der Waals surface area contributed by atoms with Crippen molar-refractivity contribution >= 4 is 41.4 Å². The number of allylic oxidation sites excluding steroid dienone is 2. The minimum Gasteiger partial charge on any atom is -0.286 e. The smallest absolute Gasteiger partial charge is 0.0695 e. The fourth-order valence-electron chi connectivity index (χ4n) is 4.06. The molecular weight excluding hydrogens is 400 g/mol. The SMILES string of the molecule is C=Nc1ccc(C(C2=CC(C)=NC2)c2ccc(Cl)cc2)cc1/C=C(\C)c1ccccc1. The molecule has 0 fully saturated rings. The third-order valence-corrected chi connectivity index (χ3v) is 5.89. The van der Waals surface area contributed by atoms with Gasteiger partial charge in [-0.15, -0.1) is 0 Å². The van der Waals surface area contributed by atoms with Gasteiger partial charge in [-0.2, -0.15) is 0 Å². The fourth-order valence-corrected chi connectivity index (χ4v) is 4.18. The molecule has 1 atom stereocenters. The number of nitrogens with zero attached hydrogens (tertiary/aromatic N) is 2. The van der Waals surface area contributed by atoms with E-state index in [0.29, 0.717) is 0 Å². The van der Waals surface area contributed by atoms with E-state index in [9.17, 15) is 0 Å². The van der Waals surface area contributed by atoms with Gasteiger partial charge in [0.1, 0.15) is 0 Å². The van der Waals surface area contributed by atoms with E-state index < -0.39 is 0 Å². The van der Waals surface area contributed by atoms with Crippen LogP contribution in [0.4, 0.5) is 5.69 Å². The predicted molar refractivity (Wildman–Crippen MR) is 135 cm³/mol. The van der Waals surface area contributed by atoms with Crippen LogP contribution in [0.5, 0.6) is 0 Å². The van der Waals surface area contributed by atoms with Crippen LogP contribution in [0.2, 0.25) is 5.02 Å². The maximum atomic E-state index is 6.16. The second-order valence-electron chi connectivity index (χ2n) is 7.83. The molecule has 0 radical (unpaired) electrons. The monoisotopic (exact) mass is 424 g/mol. The summed E-state index contributed by atoms with van der Waals surface area (Å²) in [5.74, 6) is 0.113. The Kier molecular flexibility index (Phi) is 6.29. The van der Waals surface area contributed by atoms with E-state index >= 15 is 0 Å². The molecule has 0 amide bonds. The molecule has 1 aliphatic rings. The van der Waals surface area contributed by atoms with Crippen molar-refractivity contribution in [1.82, 2.24) is 0 Å². The molecule has 1 aliphatic heterocycles. The van der Waals surface area contributed by atoms with Crippen LogP contribution in [0.1, 0.15) is 42.0 Å². The van der Waals surface area contributed by atoms with Gasteiger partial charge in [0, 0.05) is 22.2 Å². The molecule has 3 aromatic carbocycles. The summed E-state index contributed by atoms with van der Waals surface area (Å²) < 4.78 is 0. The third-order valence-electron chi connectivity index (χ3n) is 5.64. The Morgan fingerprint density at radius 2 is 1.74 bits per heavy atom. The first-order chi connectivity index (χ1) is 15.0. The summed E-state index contributed by atoms with van der Waals surface area (Å²) in [7, 11) is 0. The van der Waals surface area contributed by atoms with Gasteiger partial charge < -0.3 is 0 Å². The van der Waals surface area contributed by atoms with Crippen molar-refractivity contribution in [3.63, 3.8) is 0 Å². The van der Waals surface area contributed by atoms with E-state index in [1.54, 1.807) is 0 Å². The molecule has 0 aromatic heterocycles. The van der Waals surface area contributed by atoms with Crippen LogP contribution < -0.4 is 0 Å². The molecule has 4 rings (SSSR count). The number of rotatable bonds is 6. The molecule has 3 heteroatoms. The lowest BCUT2D eigenvalue weighted by atomic mass is 9.83. The van der Waals surface area contributed by atoms with Gasteiger partial charge in [-0.25, -0.2) is 0 Å². The summed E-state index contributed by atoms with van der Waals surface area (Å²) in [6.45, 7) is 8.67. The average molecular weight is 425 g/mol. The molecule has 0 bridgehead atoms. The highest BCUT2D eigenvalue weighted by atomic mass is 35.5. The zero-order chi connectivity index (χ0) is 21.8. The van der Waals surface area contributed by atoms with Gasteiger partial charge in [-0.3, -0.25) is 9.98 Å². The molecular formula is C28H25ClN2. The predicted octanol–water partition coefficient (Wildman–Crippen LogP) is 7.77. The molecule has 1 heterocycles. The van der Waals surface area contributed by atoms with Gasteiger partial charge in [-0.05, 0) is 84.8 Å². The van der Waals surface area contributed by atoms with Crippen LogP contribution >= 0.6 is 11.6 Å². The molecule has 31 heavy (non-hydrogen) atoms. The number of halogens is 1. The molecule has 0 spiro atoms. The highest BCUT2D eigenvalue weighted by Gasteiger charge is 2.22. The van der Waals surface area contributed by atoms with Gasteiger partial charge in [-0.1, -0.05) is 60.1 Å². The standard InChI is InChI=1S/C28H25ClN2/c1-19(21-7-5-4-6-8-21)15-24-17-23(11-14-27(24)30-3)28(25-16-20(2)31-18-25)22-9-12-26(29)13-10-22/h4-17,28H,3,18H2,1-2H3/b19-15+. The Labute approximate surface area is 189 Å². The van der Waals surface area contributed by atoms with Gasteiger partial charge in [0.05, 0.1) is 12.2 Å². The van der Waals surface area contributed by atoms with Crippen molar-refractivity contribution in [2.24, 2.45) is 9.98 Å². The number of benzene rings is 3. The summed E-state index contributed by atoms with van der Waals surface area (Å²) in [6.07, 6.45) is 4.39. The quantitative estimate of drug-likeness (QED) is 0.285. The highest BCUT2D eigenvalue weighted by molar-refractivity contribution is 6.30. The van der Waals surface area contributed by atoms with Crippen LogP contribution in [0.3, 0.4) is 0 Å². The topological polar surface area (TPSA) is 24.7 Å². The summed E-state index contributed by atoms with van der Waals surface area (Å²) in [5.41, 5.74) is 9.08. The van der Waals surface area contributed by atoms with Crippen molar-refractivity contribution in [3.05, 3.63) is 112 Å². The summed E-state index contributed by atoms with van der Waals surface area (Å²) >= 11 is 6.16. The van der Waals surface area contributed by atoms with E-state index in [1.165, 1.54) is 27.8 Å². The lowest BCUT2D eigenvalue weighted by Crippen LogP contribution is -2.06. The molecule has 0 saturated carbocycles. The normalized spacial score (nSPS) is 14.7. The maximum absolute atomic E-state index is 6.16. The number of hydrogen-bond acceptors (Lipinski definition) is 2. The fraction of sp³-hybridized carbons (Fsp3) is 0.143. The third kappa shape index (κ3) is 4.76. The van der Waals surface area contributed by atoms with Crippen LogP contribution in [-0.2, 0) is 0 Å². The Bertz CT molecular complexity index is 1190. The van der Waals surface area contributed by atoms with Crippen LogP contribution in [-0.4, -0.2) is 19.0 Å². The molecule has 2 nitrogen and oxygen atoms in total. The zero-order valence-corrected chi connectivity index (χ0v) is 18.6. The Hall–Kier alpha value is -3.23. The van der Waals surface area contributed by atoms with Gasteiger partial charge in [0.2, 0.25) is 0 Å². The Morgan fingerprint density at radius 3 is 2.39 bits per heavy atom. The minimum atomic E-state index is 0.113. The lowest BCUT2D eigenvalue weighted by Gasteiger charge is -2.21. The molecule has 0 N–H and O–H groups in total. The van der Waals surface area contributed by atoms with E-state index in [4.69, 9.17) is 11.6 Å². The van der Waals surface area contributed by atoms with E-state index in [2.05, 4.69) is 90.4 Å². The first kappa shape index (κ1) is 21.0. The molecule has 154 valence electrons. The Balaban J connectivity index is 1.81. The van der Waals surface area contributed by atoms with Gasteiger partial charge in [0.25, 0.3) is 0 Å². The largest absolute Gasteiger partial charge is 0.286 e. The van der Waals surface area contributed by atoms with Gasteiger partial charge >= 0.3 is 0 Å². The first-order valence-corrected chi connectivity index (χ1v) is 10.7. The van der Waals surface area contributed by atoms with Crippen molar-refractivity contribution < 1.29 is 0 Å². The Morgan fingerprint density at radius 1 is 1.03 bits per heavy atom. The van der Waals surface area contributed by atoms with Crippen LogP contribution in [0.25, 0.3) is 11.6 Å². The van der Waals surface area contributed by atoms with E-state index in [-0.39, 0.29) is 5.92 Å². The zero-order valence-electron chi connectivity index (χ0n) is 17.8. The lowest BCUT2D eigenvalue weighted by molar-refractivity contribution is 0.915. The summed E-state index contributed by atoms with van der Waals surface area (Å²) in [6, 6.07) is 24.9. The minimum absolute atomic E-state index is 0.113. The van der Waals surface area contributed by atoms with E-state index in [0.717, 1.165) is 28.5 Å². The number of aliphatic imine (C=N–C) groups is 2. The van der Waals surface area contributed by atoms with Crippen molar-refractivity contribution in [3.8, 4) is 0 Å². The molecule has 0 saturated heterocycles. The van der Waals surface area contributed by atoms with Crippen molar-refractivity contribution in [2.75, 3.05) is 6.54 Å². The average Bonchev–Trinajstić information content (AvgIpc) is 3.22. The maximum Gasteiger partial charge on any atom is 0.0695 e. The van der Waals surface area contributed by atoms with Crippen molar-refractivity contribution in [2.45, 2.75) is 19.8 Å². The molecule has 3 aromatic rings. The van der Waals surface area contributed by atoms with E-state index in [1.807, 2.05) is 25.1 Å². The molecule has 1 unspecified atom stereocenters.